The molecule has 4 nitrogen and oxygen atoms in total. The average Bonchev–Trinajstić information content (AvgIpc) is 2.83. The van der Waals surface area contributed by atoms with Gasteiger partial charge in [-0.15, -0.1) is 0 Å². The number of nitrogens with zero attached hydrogens (tertiary/aromatic N) is 2. The van der Waals surface area contributed by atoms with Crippen LogP contribution in [0.15, 0.2) is 18.2 Å². The summed E-state index contributed by atoms with van der Waals surface area (Å²) < 4.78 is 1.72. The number of rotatable bonds is 3. The standard InChI is InChI=1S/C17H21N3O/c1-11(2)20-17(18)15(10-21)16(19-20)14-8-7-12-5-3-4-6-13(12)9-14/h7-11H,3-6,18H2,1-2H3. The summed E-state index contributed by atoms with van der Waals surface area (Å²) >= 11 is 0. The van der Waals surface area contributed by atoms with Gasteiger partial charge in [0.2, 0.25) is 0 Å². The lowest BCUT2D eigenvalue weighted by Crippen LogP contribution is -2.07. The van der Waals surface area contributed by atoms with Crippen molar-refractivity contribution in [2.45, 2.75) is 45.6 Å². The molecule has 1 aromatic carbocycles. The summed E-state index contributed by atoms with van der Waals surface area (Å²) in [5, 5.41) is 4.56. The van der Waals surface area contributed by atoms with Gasteiger partial charge in [0.05, 0.1) is 5.56 Å². The number of hydrogen-bond acceptors (Lipinski definition) is 3. The summed E-state index contributed by atoms with van der Waals surface area (Å²) in [6.45, 7) is 4.02. The second-order valence-corrected chi connectivity index (χ2v) is 5.99. The Morgan fingerprint density at radius 3 is 2.62 bits per heavy atom. The van der Waals surface area contributed by atoms with Crippen molar-refractivity contribution >= 4 is 12.1 Å². The SMILES string of the molecule is CC(C)n1nc(-c2ccc3c(c2)CCCC3)c(C=O)c1N. The van der Waals surface area contributed by atoms with Crippen molar-refractivity contribution in [3.05, 3.63) is 34.9 Å². The summed E-state index contributed by atoms with van der Waals surface area (Å²) in [5.41, 5.74) is 11.1. The van der Waals surface area contributed by atoms with Crippen LogP contribution < -0.4 is 5.73 Å². The molecule has 110 valence electrons. The Morgan fingerprint density at radius 2 is 1.95 bits per heavy atom. The maximum Gasteiger partial charge on any atom is 0.156 e. The minimum Gasteiger partial charge on any atom is -0.383 e. The molecule has 1 aliphatic rings. The number of aryl methyl sites for hydroxylation is 2. The zero-order valence-electron chi connectivity index (χ0n) is 12.6. The molecule has 4 heteroatoms. The molecule has 2 aromatic rings. The van der Waals surface area contributed by atoms with Crippen molar-refractivity contribution in [3.63, 3.8) is 0 Å². The molecule has 0 aliphatic heterocycles. The fourth-order valence-electron chi connectivity index (χ4n) is 3.06. The van der Waals surface area contributed by atoms with Crippen LogP contribution in [0.2, 0.25) is 0 Å². The molecule has 1 aliphatic carbocycles. The van der Waals surface area contributed by atoms with E-state index < -0.39 is 0 Å². The fourth-order valence-corrected chi connectivity index (χ4v) is 3.06. The number of carbonyl (C=O) groups excluding carboxylic acids is 1. The van der Waals surface area contributed by atoms with E-state index in [0.29, 0.717) is 17.1 Å². The van der Waals surface area contributed by atoms with Gasteiger partial charge >= 0.3 is 0 Å². The molecule has 21 heavy (non-hydrogen) atoms. The van der Waals surface area contributed by atoms with E-state index in [9.17, 15) is 4.79 Å². The van der Waals surface area contributed by atoms with Crippen LogP contribution in [-0.2, 0) is 12.8 Å². The molecule has 2 N–H and O–H groups in total. The first-order chi connectivity index (χ1) is 10.1. The quantitative estimate of drug-likeness (QED) is 0.878. The molecular weight excluding hydrogens is 262 g/mol. The van der Waals surface area contributed by atoms with E-state index in [1.165, 1.54) is 24.0 Å². The molecule has 0 amide bonds. The zero-order chi connectivity index (χ0) is 15.0. The normalized spacial score (nSPS) is 14.2. The first kappa shape index (κ1) is 13.9. The number of aldehydes is 1. The van der Waals surface area contributed by atoms with Crippen molar-refractivity contribution in [2.75, 3.05) is 5.73 Å². The molecule has 0 unspecified atom stereocenters. The van der Waals surface area contributed by atoms with Crippen molar-refractivity contribution < 1.29 is 4.79 Å². The molecule has 0 spiro atoms. The predicted molar refractivity (Wildman–Crippen MR) is 84.5 cm³/mol. The van der Waals surface area contributed by atoms with Crippen LogP contribution in [0.4, 0.5) is 5.82 Å². The van der Waals surface area contributed by atoms with Crippen LogP contribution in [0, 0.1) is 0 Å². The highest BCUT2D eigenvalue weighted by Gasteiger charge is 2.19. The van der Waals surface area contributed by atoms with Crippen molar-refractivity contribution in [1.82, 2.24) is 9.78 Å². The summed E-state index contributed by atoms with van der Waals surface area (Å²) in [4.78, 5) is 11.4. The Labute approximate surface area is 125 Å². The van der Waals surface area contributed by atoms with Crippen LogP contribution in [-0.4, -0.2) is 16.1 Å². The van der Waals surface area contributed by atoms with Gasteiger partial charge in [0.25, 0.3) is 0 Å². The maximum absolute atomic E-state index is 11.4. The van der Waals surface area contributed by atoms with Gasteiger partial charge in [0.1, 0.15) is 11.5 Å². The molecule has 1 heterocycles. The summed E-state index contributed by atoms with van der Waals surface area (Å²) in [6.07, 6.45) is 5.58. The van der Waals surface area contributed by atoms with Gasteiger partial charge in [-0.3, -0.25) is 4.79 Å². The Hall–Kier alpha value is -2.10. The largest absolute Gasteiger partial charge is 0.383 e. The average molecular weight is 283 g/mol. The van der Waals surface area contributed by atoms with Crippen molar-refractivity contribution in [1.29, 1.82) is 0 Å². The fraction of sp³-hybridized carbons (Fsp3) is 0.412. The minimum atomic E-state index is 0.134. The molecule has 0 bridgehead atoms. The minimum absolute atomic E-state index is 0.134. The van der Waals surface area contributed by atoms with Gasteiger partial charge < -0.3 is 5.73 Å². The topological polar surface area (TPSA) is 60.9 Å². The second kappa shape index (κ2) is 5.35. The van der Waals surface area contributed by atoms with E-state index >= 15 is 0 Å². The van der Waals surface area contributed by atoms with Crippen LogP contribution in [0.5, 0.6) is 0 Å². The highest BCUT2D eigenvalue weighted by molar-refractivity contribution is 5.91. The van der Waals surface area contributed by atoms with Crippen LogP contribution in [0.3, 0.4) is 0 Å². The third kappa shape index (κ3) is 2.35. The van der Waals surface area contributed by atoms with E-state index in [2.05, 4.69) is 23.3 Å². The van der Waals surface area contributed by atoms with Crippen molar-refractivity contribution in [3.8, 4) is 11.3 Å². The van der Waals surface area contributed by atoms with E-state index in [-0.39, 0.29) is 6.04 Å². The van der Waals surface area contributed by atoms with Gasteiger partial charge in [0.15, 0.2) is 6.29 Å². The summed E-state index contributed by atoms with van der Waals surface area (Å²) in [5.74, 6) is 0.452. The molecule has 0 radical (unpaired) electrons. The van der Waals surface area contributed by atoms with Gasteiger partial charge in [0, 0.05) is 11.6 Å². The van der Waals surface area contributed by atoms with Crippen LogP contribution >= 0.6 is 0 Å². The Bertz CT molecular complexity index is 686. The van der Waals surface area contributed by atoms with Gasteiger partial charge in [-0.2, -0.15) is 5.10 Å². The van der Waals surface area contributed by atoms with Gasteiger partial charge in [-0.05, 0) is 56.7 Å². The molecule has 0 fully saturated rings. The predicted octanol–water partition coefficient (Wildman–Crippen LogP) is 3.40. The molecular formula is C17H21N3O. The highest BCUT2D eigenvalue weighted by atomic mass is 16.1. The van der Waals surface area contributed by atoms with Crippen LogP contribution in [0.25, 0.3) is 11.3 Å². The molecule has 0 saturated heterocycles. The lowest BCUT2D eigenvalue weighted by Gasteiger charge is -2.16. The third-order valence-corrected chi connectivity index (χ3v) is 4.21. The number of hydrogen-bond donors (Lipinski definition) is 1. The van der Waals surface area contributed by atoms with E-state index in [1.807, 2.05) is 13.8 Å². The monoisotopic (exact) mass is 283 g/mol. The van der Waals surface area contributed by atoms with E-state index in [0.717, 1.165) is 24.7 Å². The Morgan fingerprint density at radius 1 is 1.24 bits per heavy atom. The number of carbonyl (C=O) groups is 1. The Kier molecular flexibility index (Phi) is 3.53. The molecule has 0 saturated carbocycles. The number of fused-ring (bicyclic) bond motifs is 1. The number of anilines is 1. The number of aromatic nitrogens is 2. The van der Waals surface area contributed by atoms with E-state index in [4.69, 9.17) is 5.73 Å². The van der Waals surface area contributed by atoms with Gasteiger partial charge in [-0.1, -0.05) is 12.1 Å². The highest BCUT2D eigenvalue weighted by Crippen LogP contribution is 2.31. The molecule has 3 rings (SSSR count). The third-order valence-electron chi connectivity index (χ3n) is 4.21. The Balaban J connectivity index is 2.12. The number of benzene rings is 1. The van der Waals surface area contributed by atoms with Crippen molar-refractivity contribution in [2.24, 2.45) is 0 Å². The van der Waals surface area contributed by atoms with Crippen LogP contribution in [0.1, 0.15) is 54.2 Å². The summed E-state index contributed by atoms with van der Waals surface area (Å²) in [6, 6.07) is 6.54. The second-order valence-electron chi connectivity index (χ2n) is 5.99. The number of nitrogen functional groups attached to an aromatic ring is 1. The van der Waals surface area contributed by atoms with E-state index in [1.54, 1.807) is 4.68 Å². The van der Waals surface area contributed by atoms with Gasteiger partial charge in [-0.25, -0.2) is 4.68 Å². The zero-order valence-corrected chi connectivity index (χ0v) is 12.6. The first-order valence-electron chi connectivity index (χ1n) is 7.57. The summed E-state index contributed by atoms with van der Waals surface area (Å²) in [7, 11) is 0. The molecule has 0 atom stereocenters. The molecule has 1 aromatic heterocycles. The lowest BCUT2D eigenvalue weighted by molar-refractivity contribution is 0.112. The number of nitrogens with two attached hydrogens (primary N) is 1. The smallest absolute Gasteiger partial charge is 0.156 e. The first-order valence-corrected chi connectivity index (χ1v) is 7.57. The maximum atomic E-state index is 11.4. The lowest BCUT2D eigenvalue weighted by atomic mass is 9.89.